The molecule has 3 nitrogen and oxygen atoms in total. The van der Waals surface area contributed by atoms with Crippen LogP contribution in [0.4, 0.5) is 17.6 Å². The third-order valence-electron chi connectivity index (χ3n) is 1.80. The van der Waals surface area contributed by atoms with Crippen molar-refractivity contribution < 1.29 is 30.2 Å². The monoisotopic (exact) mass is 296 g/mol. The van der Waals surface area contributed by atoms with E-state index in [-0.39, 0.29) is 11.3 Å². The Morgan fingerprint density at radius 3 is 2.26 bits per heavy atom. The summed E-state index contributed by atoms with van der Waals surface area (Å²) >= 11 is 0. The lowest BCUT2D eigenvalue weighted by molar-refractivity contribution is -0.0697. The summed E-state index contributed by atoms with van der Waals surface area (Å²) in [5.74, 6) is 2.10. The van der Waals surface area contributed by atoms with Gasteiger partial charge in [-0.3, -0.25) is 4.18 Å². The number of benzene rings is 1. The van der Waals surface area contributed by atoms with Crippen molar-refractivity contribution in [3.63, 3.8) is 0 Å². The summed E-state index contributed by atoms with van der Waals surface area (Å²) in [6.45, 7) is -0.511. The number of hydrogen-bond acceptors (Lipinski definition) is 3. The molecule has 0 spiro atoms. The number of rotatable bonds is 4. The van der Waals surface area contributed by atoms with E-state index >= 15 is 0 Å². The van der Waals surface area contributed by atoms with Gasteiger partial charge in [0.2, 0.25) is 0 Å². The van der Waals surface area contributed by atoms with E-state index in [4.69, 9.17) is 0 Å². The van der Waals surface area contributed by atoms with Crippen LogP contribution in [0.2, 0.25) is 0 Å². The van der Waals surface area contributed by atoms with Gasteiger partial charge in [-0.2, -0.15) is 21.6 Å². The number of hydrogen-bond donors (Lipinski definition) is 0. The number of alkyl halides is 3. The van der Waals surface area contributed by atoms with E-state index in [1.807, 2.05) is 0 Å². The fraction of sp³-hybridized carbons (Fsp3) is 0.273. The predicted octanol–water partition coefficient (Wildman–Crippen LogP) is 2.49. The van der Waals surface area contributed by atoms with Crippen LogP contribution >= 0.6 is 0 Å². The summed E-state index contributed by atoms with van der Waals surface area (Å²) in [4.78, 5) is -0.280. The topological polar surface area (TPSA) is 43.4 Å². The summed E-state index contributed by atoms with van der Waals surface area (Å²) in [7, 11) is -4.11. The van der Waals surface area contributed by atoms with E-state index in [9.17, 15) is 26.0 Å². The smallest absolute Gasteiger partial charge is 0.265 e. The molecule has 0 amide bonds. The maximum Gasteiger partial charge on any atom is 0.457 e. The second kappa shape index (κ2) is 6.04. The Hall–Kier alpha value is -1.59. The first-order valence-corrected chi connectivity index (χ1v) is 6.33. The first kappa shape index (κ1) is 15.5. The van der Waals surface area contributed by atoms with Gasteiger partial charge in [0.15, 0.2) is 0 Å². The van der Waals surface area contributed by atoms with Crippen molar-refractivity contribution in [2.45, 2.75) is 17.5 Å². The van der Waals surface area contributed by atoms with Crippen molar-refractivity contribution in [2.75, 3.05) is 6.61 Å². The molecule has 8 heteroatoms. The molecule has 1 aromatic carbocycles. The van der Waals surface area contributed by atoms with E-state index in [1.165, 1.54) is 0 Å². The lowest BCUT2D eigenvalue weighted by Gasteiger charge is -2.03. The Morgan fingerprint density at radius 1 is 1.16 bits per heavy atom. The standard InChI is InChI=1S/C11H8F4O3S/c12-9-3-5-10(6-4-9)19(16,17)18-8-2-1-7-11(13,14)15/h3-6H,2,8H2. The van der Waals surface area contributed by atoms with E-state index in [0.717, 1.165) is 30.2 Å². The molecular weight excluding hydrogens is 288 g/mol. The molecule has 0 unspecified atom stereocenters. The second-order valence-corrected chi connectivity index (χ2v) is 4.89. The first-order valence-electron chi connectivity index (χ1n) is 4.92. The molecule has 0 radical (unpaired) electrons. The molecule has 19 heavy (non-hydrogen) atoms. The van der Waals surface area contributed by atoms with Gasteiger partial charge in [0.1, 0.15) is 5.82 Å². The fourth-order valence-corrected chi connectivity index (χ4v) is 1.94. The quantitative estimate of drug-likeness (QED) is 0.371. The van der Waals surface area contributed by atoms with Crippen LogP contribution < -0.4 is 0 Å². The Bertz CT molecular complexity index is 579. The predicted molar refractivity (Wildman–Crippen MR) is 58.0 cm³/mol. The molecule has 0 heterocycles. The summed E-state index contributed by atoms with van der Waals surface area (Å²) < 4.78 is 75.0. The van der Waals surface area contributed by atoms with Gasteiger partial charge < -0.3 is 0 Å². The van der Waals surface area contributed by atoms with Gasteiger partial charge >= 0.3 is 6.18 Å². The van der Waals surface area contributed by atoms with Gasteiger partial charge in [-0.1, -0.05) is 5.92 Å². The zero-order valence-electron chi connectivity index (χ0n) is 9.37. The van der Waals surface area contributed by atoms with Crippen LogP contribution in [0.5, 0.6) is 0 Å². The van der Waals surface area contributed by atoms with Crippen molar-refractivity contribution >= 4 is 10.1 Å². The maximum atomic E-state index is 12.6. The zero-order chi connectivity index (χ0) is 14.5. The molecule has 0 N–H and O–H groups in total. The highest BCUT2D eigenvalue weighted by atomic mass is 32.2. The maximum absolute atomic E-state index is 12.6. The SMILES string of the molecule is O=S(=O)(OCCC#CC(F)(F)F)c1ccc(F)cc1. The third-order valence-corrected chi connectivity index (χ3v) is 3.12. The molecule has 0 aliphatic rings. The van der Waals surface area contributed by atoms with Crippen molar-refractivity contribution in [1.29, 1.82) is 0 Å². The highest BCUT2D eigenvalue weighted by Crippen LogP contribution is 2.14. The summed E-state index contributed by atoms with van der Waals surface area (Å²) in [5.41, 5.74) is 0. The summed E-state index contributed by atoms with van der Waals surface area (Å²) in [6, 6.07) is 3.84. The molecule has 1 rings (SSSR count). The van der Waals surface area contributed by atoms with Crippen molar-refractivity contribution in [2.24, 2.45) is 0 Å². The van der Waals surface area contributed by atoms with E-state index in [0.29, 0.717) is 0 Å². The molecule has 1 aromatic rings. The van der Waals surface area contributed by atoms with Gasteiger partial charge in [0, 0.05) is 12.3 Å². The normalized spacial score (nSPS) is 11.8. The molecule has 0 saturated heterocycles. The van der Waals surface area contributed by atoms with Crippen LogP contribution in [-0.2, 0) is 14.3 Å². The van der Waals surface area contributed by atoms with Gasteiger partial charge in [-0.15, -0.1) is 0 Å². The Kier molecular flexibility index (Phi) is 4.91. The molecule has 0 atom stereocenters. The minimum atomic E-state index is -4.62. The average Bonchev–Trinajstić information content (AvgIpc) is 2.27. The molecule has 0 saturated carbocycles. The molecule has 0 fully saturated rings. The minimum absolute atomic E-state index is 0.280. The van der Waals surface area contributed by atoms with Gasteiger partial charge in [-0.25, -0.2) is 4.39 Å². The number of halogens is 4. The van der Waals surface area contributed by atoms with Crippen LogP contribution in [0.1, 0.15) is 6.42 Å². The van der Waals surface area contributed by atoms with E-state index in [2.05, 4.69) is 4.18 Å². The molecule has 0 aliphatic carbocycles. The molecule has 0 bridgehead atoms. The van der Waals surface area contributed by atoms with Crippen molar-refractivity contribution in [3.8, 4) is 11.8 Å². The van der Waals surface area contributed by atoms with Gasteiger partial charge in [0.05, 0.1) is 11.5 Å². The minimum Gasteiger partial charge on any atom is -0.265 e. The van der Waals surface area contributed by atoms with Crippen LogP contribution in [0, 0.1) is 17.7 Å². The van der Waals surface area contributed by atoms with Crippen molar-refractivity contribution in [1.82, 2.24) is 0 Å². The van der Waals surface area contributed by atoms with Crippen LogP contribution in [0.15, 0.2) is 29.2 Å². The average molecular weight is 296 g/mol. The molecular formula is C11H8F4O3S. The van der Waals surface area contributed by atoms with E-state index in [1.54, 1.807) is 5.92 Å². The largest absolute Gasteiger partial charge is 0.457 e. The lowest BCUT2D eigenvalue weighted by atomic mass is 10.4. The second-order valence-electron chi connectivity index (χ2n) is 3.28. The summed E-state index contributed by atoms with van der Waals surface area (Å²) in [5, 5.41) is 0. The van der Waals surface area contributed by atoms with Crippen LogP contribution in [0.3, 0.4) is 0 Å². The Morgan fingerprint density at radius 2 is 1.74 bits per heavy atom. The zero-order valence-corrected chi connectivity index (χ0v) is 10.2. The summed E-state index contributed by atoms with van der Waals surface area (Å²) in [6.07, 6.45) is -5.00. The van der Waals surface area contributed by atoms with Crippen molar-refractivity contribution in [3.05, 3.63) is 30.1 Å². The first-order chi connectivity index (χ1) is 8.71. The highest BCUT2D eigenvalue weighted by Gasteiger charge is 2.22. The molecule has 0 aliphatic heterocycles. The highest BCUT2D eigenvalue weighted by molar-refractivity contribution is 7.86. The van der Waals surface area contributed by atoms with Gasteiger partial charge in [0.25, 0.3) is 10.1 Å². The van der Waals surface area contributed by atoms with E-state index < -0.39 is 28.7 Å². The third kappa shape index (κ3) is 5.72. The van der Waals surface area contributed by atoms with Crippen LogP contribution in [0.25, 0.3) is 0 Å². The van der Waals surface area contributed by atoms with Gasteiger partial charge in [-0.05, 0) is 24.3 Å². The Balaban J connectivity index is 2.57. The van der Waals surface area contributed by atoms with Crippen LogP contribution in [-0.4, -0.2) is 21.2 Å². The lowest BCUT2D eigenvalue weighted by Crippen LogP contribution is -2.07. The molecule has 104 valence electrons. The fourth-order valence-electron chi connectivity index (χ4n) is 1.03. The Labute approximate surface area is 107 Å². The molecule has 0 aromatic heterocycles.